The van der Waals surface area contributed by atoms with Gasteiger partial charge in [-0.05, 0) is 27.2 Å². The first-order valence-corrected chi connectivity index (χ1v) is 7.69. The van der Waals surface area contributed by atoms with Gasteiger partial charge in [0, 0.05) is 5.92 Å². The monoisotopic (exact) mass is 321 g/mol. The molecule has 0 saturated heterocycles. The number of hydrogen-bond donors (Lipinski definition) is 1. The van der Waals surface area contributed by atoms with Crippen LogP contribution in [0.15, 0.2) is 18.5 Å². The third kappa shape index (κ3) is 3.08. The molecule has 0 radical (unpaired) electrons. The molecular formula is C15H20ClN5O. The predicted molar refractivity (Wildman–Crippen MR) is 86.7 cm³/mol. The van der Waals surface area contributed by atoms with Crippen LogP contribution in [0.25, 0.3) is 11.2 Å². The zero-order valence-corrected chi connectivity index (χ0v) is 13.7. The number of imidazole rings is 1. The van der Waals surface area contributed by atoms with Gasteiger partial charge in [0.25, 0.3) is 0 Å². The van der Waals surface area contributed by atoms with Crippen LogP contribution in [0.3, 0.4) is 0 Å². The van der Waals surface area contributed by atoms with Crippen LogP contribution in [-0.2, 0) is 4.74 Å². The Hall–Kier alpha value is -1.66. The second-order valence-corrected chi connectivity index (χ2v) is 6.93. The summed E-state index contributed by atoms with van der Waals surface area (Å²) >= 11 is 6.07. The van der Waals surface area contributed by atoms with Crippen molar-refractivity contribution >= 4 is 28.7 Å². The number of anilines is 1. The number of nitrogen functional groups attached to an aromatic ring is 1. The van der Waals surface area contributed by atoms with Gasteiger partial charge in [0.2, 0.25) is 5.95 Å². The van der Waals surface area contributed by atoms with Gasteiger partial charge in [0.05, 0.1) is 24.6 Å². The van der Waals surface area contributed by atoms with Gasteiger partial charge < -0.3 is 15.0 Å². The van der Waals surface area contributed by atoms with E-state index in [2.05, 4.69) is 47.9 Å². The lowest BCUT2D eigenvalue weighted by Crippen LogP contribution is -2.22. The molecule has 1 aliphatic rings. The SMILES string of the molecule is CC(C)(C)OCC1C=CC(n2cnc3c(Cl)nc(N)nc32)C1. The summed E-state index contributed by atoms with van der Waals surface area (Å²) in [5, 5.41) is 0.288. The van der Waals surface area contributed by atoms with Crippen LogP contribution in [0.4, 0.5) is 5.95 Å². The normalized spacial score (nSPS) is 21.8. The van der Waals surface area contributed by atoms with Gasteiger partial charge in [-0.25, -0.2) is 4.98 Å². The lowest BCUT2D eigenvalue weighted by atomic mass is 10.1. The smallest absolute Gasteiger partial charge is 0.223 e. The number of aromatic nitrogens is 4. The molecule has 1 aliphatic carbocycles. The molecule has 0 fully saturated rings. The van der Waals surface area contributed by atoms with Gasteiger partial charge in [-0.1, -0.05) is 23.8 Å². The Morgan fingerprint density at radius 3 is 2.86 bits per heavy atom. The van der Waals surface area contributed by atoms with Crippen molar-refractivity contribution < 1.29 is 4.74 Å². The molecule has 0 amide bonds. The minimum atomic E-state index is -0.122. The van der Waals surface area contributed by atoms with Crippen LogP contribution < -0.4 is 5.73 Å². The Morgan fingerprint density at radius 1 is 1.36 bits per heavy atom. The number of nitrogens with two attached hydrogens (primary N) is 1. The molecule has 2 N–H and O–H groups in total. The number of nitrogens with zero attached hydrogens (tertiary/aromatic N) is 4. The zero-order valence-electron chi connectivity index (χ0n) is 13.0. The maximum atomic E-state index is 6.07. The molecule has 0 saturated carbocycles. The molecule has 0 spiro atoms. The zero-order chi connectivity index (χ0) is 15.9. The van der Waals surface area contributed by atoms with Crippen molar-refractivity contribution in [3.8, 4) is 0 Å². The molecule has 0 aromatic carbocycles. The summed E-state index contributed by atoms with van der Waals surface area (Å²) in [4.78, 5) is 12.5. The molecular weight excluding hydrogens is 302 g/mol. The van der Waals surface area contributed by atoms with Crippen LogP contribution in [-0.4, -0.2) is 31.7 Å². The minimum Gasteiger partial charge on any atom is -0.375 e. The molecule has 2 aromatic rings. The van der Waals surface area contributed by atoms with E-state index in [-0.39, 0.29) is 22.7 Å². The van der Waals surface area contributed by atoms with Gasteiger partial charge in [-0.15, -0.1) is 0 Å². The predicted octanol–water partition coefficient (Wildman–Crippen LogP) is 2.99. The molecule has 0 aliphatic heterocycles. The first-order chi connectivity index (χ1) is 10.3. The molecule has 2 unspecified atom stereocenters. The fourth-order valence-corrected chi connectivity index (χ4v) is 2.80. The molecule has 7 heteroatoms. The highest BCUT2D eigenvalue weighted by Gasteiger charge is 2.24. The molecule has 22 heavy (non-hydrogen) atoms. The Labute approximate surface area is 134 Å². The Bertz CT molecular complexity index is 719. The maximum Gasteiger partial charge on any atom is 0.223 e. The molecule has 2 heterocycles. The van der Waals surface area contributed by atoms with Crippen molar-refractivity contribution in [2.24, 2.45) is 5.92 Å². The second-order valence-electron chi connectivity index (χ2n) is 6.57. The molecule has 118 valence electrons. The fraction of sp³-hybridized carbons (Fsp3) is 0.533. The highest BCUT2D eigenvalue weighted by Crippen LogP contribution is 2.32. The van der Waals surface area contributed by atoms with Gasteiger partial charge >= 0.3 is 0 Å². The summed E-state index contributed by atoms with van der Waals surface area (Å²) in [6, 6.07) is 0.184. The lowest BCUT2D eigenvalue weighted by Gasteiger charge is -2.22. The van der Waals surface area contributed by atoms with E-state index in [9.17, 15) is 0 Å². The quantitative estimate of drug-likeness (QED) is 0.694. The highest BCUT2D eigenvalue weighted by atomic mass is 35.5. The standard InChI is InChI=1S/C15H20ClN5O/c1-15(2,3)22-7-9-4-5-10(6-9)21-8-18-11-12(16)19-14(17)20-13(11)21/h4-5,8-10H,6-7H2,1-3H3,(H2,17,19,20). The van der Waals surface area contributed by atoms with E-state index < -0.39 is 0 Å². The average Bonchev–Trinajstić information content (AvgIpc) is 3.01. The molecule has 0 bridgehead atoms. The van der Waals surface area contributed by atoms with Gasteiger partial charge in [-0.3, -0.25) is 0 Å². The number of allylic oxidation sites excluding steroid dienone is 1. The van der Waals surface area contributed by atoms with Crippen LogP contribution in [0.2, 0.25) is 5.15 Å². The van der Waals surface area contributed by atoms with E-state index in [0.717, 1.165) is 6.42 Å². The summed E-state index contributed by atoms with van der Waals surface area (Å²) in [5.41, 5.74) is 6.82. The van der Waals surface area contributed by atoms with Crippen LogP contribution in [0.1, 0.15) is 33.2 Å². The van der Waals surface area contributed by atoms with Gasteiger partial charge in [0.1, 0.15) is 5.52 Å². The van der Waals surface area contributed by atoms with Crippen LogP contribution in [0, 0.1) is 5.92 Å². The summed E-state index contributed by atoms with van der Waals surface area (Å²) in [5.74, 6) is 0.546. The molecule has 6 nitrogen and oxygen atoms in total. The maximum absolute atomic E-state index is 6.07. The van der Waals surface area contributed by atoms with E-state index in [1.165, 1.54) is 0 Å². The summed E-state index contributed by atoms with van der Waals surface area (Å²) in [7, 11) is 0. The number of fused-ring (bicyclic) bond motifs is 1. The molecule has 3 rings (SSSR count). The van der Waals surface area contributed by atoms with Crippen molar-refractivity contribution in [3.63, 3.8) is 0 Å². The van der Waals surface area contributed by atoms with Crippen molar-refractivity contribution in [2.45, 2.75) is 38.8 Å². The number of ether oxygens (including phenoxy) is 1. The number of rotatable bonds is 3. The van der Waals surface area contributed by atoms with Crippen molar-refractivity contribution in [2.75, 3.05) is 12.3 Å². The van der Waals surface area contributed by atoms with Crippen molar-refractivity contribution in [1.82, 2.24) is 19.5 Å². The lowest BCUT2D eigenvalue weighted by molar-refractivity contribution is -0.0160. The minimum absolute atomic E-state index is 0.122. The Morgan fingerprint density at radius 2 is 2.14 bits per heavy atom. The van der Waals surface area contributed by atoms with Crippen molar-refractivity contribution in [3.05, 3.63) is 23.6 Å². The van der Waals surface area contributed by atoms with E-state index in [4.69, 9.17) is 22.1 Å². The first kappa shape index (κ1) is 15.2. The van der Waals surface area contributed by atoms with Gasteiger partial charge in [0.15, 0.2) is 10.8 Å². The largest absolute Gasteiger partial charge is 0.375 e. The van der Waals surface area contributed by atoms with E-state index in [1.807, 2.05) is 4.57 Å². The highest BCUT2D eigenvalue weighted by molar-refractivity contribution is 6.33. The molecule has 2 aromatic heterocycles. The molecule has 2 atom stereocenters. The summed E-state index contributed by atoms with van der Waals surface area (Å²) in [6.45, 7) is 6.90. The third-order valence-electron chi connectivity index (χ3n) is 3.63. The summed E-state index contributed by atoms with van der Waals surface area (Å²) in [6.07, 6.45) is 7.04. The fourth-order valence-electron chi connectivity index (χ4n) is 2.58. The van der Waals surface area contributed by atoms with Gasteiger partial charge in [-0.2, -0.15) is 9.97 Å². The van der Waals surface area contributed by atoms with Crippen LogP contribution >= 0.6 is 11.6 Å². The first-order valence-electron chi connectivity index (χ1n) is 7.31. The topological polar surface area (TPSA) is 78.8 Å². The van der Waals surface area contributed by atoms with Crippen molar-refractivity contribution in [1.29, 1.82) is 0 Å². The van der Waals surface area contributed by atoms with E-state index >= 15 is 0 Å². The number of hydrogen-bond acceptors (Lipinski definition) is 5. The summed E-state index contributed by atoms with van der Waals surface area (Å²) < 4.78 is 7.85. The Balaban J connectivity index is 1.78. The van der Waals surface area contributed by atoms with E-state index in [0.29, 0.717) is 23.7 Å². The average molecular weight is 322 g/mol. The second kappa shape index (κ2) is 5.52. The third-order valence-corrected chi connectivity index (χ3v) is 3.90. The Kier molecular flexibility index (Phi) is 3.82. The van der Waals surface area contributed by atoms with E-state index in [1.54, 1.807) is 6.33 Å². The number of halogens is 1. The van der Waals surface area contributed by atoms with Crippen LogP contribution in [0.5, 0.6) is 0 Å².